The van der Waals surface area contributed by atoms with Gasteiger partial charge in [0, 0.05) is 24.9 Å². The minimum atomic E-state index is -0.0550. The summed E-state index contributed by atoms with van der Waals surface area (Å²) in [6, 6.07) is 3.63. The lowest BCUT2D eigenvalue weighted by Crippen LogP contribution is -2.11. The van der Waals surface area contributed by atoms with Crippen LogP contribution < -0.4 is 10.5 Å². The number of rotatable bonds is 5. The van der Waals surface area contributed by atoms with E-state index in [9.17, 15) is 0 Å². The van der Waals surface area contributed by atoms with Gasteiger partial charge in [0.05, 0.1) is 7.11 Å². The normalized spacial score (nSPS) is 12.5. The van der Waals surface area contributed by atoms with Crippen molar-refractivity contribution in [1.29, 1.82) is 0 Å². The van der Waals surface area contributed by atoms with Crippen LogP contribution >= 0.6 is 0 Å². The van der Waals surface area contributed by atoms with Gasteiger partial charge in [-0.25, -0.2) is 4.98 Å². The van der Waals surface area contributed by atoms with Crippen molar-refractivity contribution in [2.24, 2.45) is 5.73 Å². The molecule has 1 rings (SSSR count). The van der Waals surface area contributed by atoms with Gasteiger partial charge in [-0.15, -0.1) is 0 Å². The summed E-state index contributed by atoms with van der Waals surface area (Å²) < 4.78 is 4.94. The van der Waals surface area contributed by atoms with Crippen LogP contribution in [0.5, 0.6) is 5.88 Å². The van der Waals surface area contributed by atoms with E-state index in [1.54, 1.807) is 19.4 Å². The van der Waals surface area contributed by atoms with E-state index in [2.05, 4.69) is 4.98 Å². The molecule has 0 aliphatic rings. The molecule has 0 fully saturated rings. The third kappa shape index (κ3) is 2.97. The molecule has 0 radical (unpaired) electrons. The Bertz CT molecular complexity index is 261. The minimum Gasteiger partial charge on any atom is -0.481 e. The van der Waals surface area contributed by atoms with Gasteiger partial charge in [-0.1, -0.05) is 6.07 Å². The molecule has 14 heavy (non-hydrogen) atoms. The van der Waals surface area contributed by atoms with Crippen molar-refractivity contribution in [3.8, 4) is 5.88 Å². The molecule has 4 heteroatoms. The lowest BCUT2D eigenvalue weighted by atomic mass is 10.1. The van der Waals surface area contributed by atoms with E-state index in [4.69, 9.17) is 15.6 Å². The van der Waals surface area contributed by atoms with E-state index in [0.717, 1.165) is 12.0 Å². The average molecular weight is 196 g/mol. The molecule has 4 nitrogen and oxygen atoms in total. The molecule has 0 aliphatic carbocycles. The Morgan fingerprint density at radius 3 is 2.86 bits per heavy atom. The molecule has 1 atom stereocenters. The van der Waals surface area contributed by atoms with Gasteiger partial charge in [-0.05, 0) is 18.4 Å². The van der Waals surface area contributed by atoms with Crippen molar-refractivity contribution in [3.05, 3.63) is 23.9 Å². The Kier molecular flexibility index (Phi) is 4.35. The van der Waals surface area contributed by atoms with Crippen LogP contribution in [0.15, 0.2) is 18.3 Å². The zero-order valence-corrected chi connectivity index (χ0v) is 8.31. The Morgan fingerprint density at radius 1 is 1.57 bits per heavy atom. The average Bonchev–Trinajstić information content (AvgIpc) is 2.26. The van der Waals surface area contributed by atoms with Gasteiger partial charge in [-0.2, -0.15) is 0 Å². The molecule has 0 bridgehead atoms. The van der Waals surface area contributed by atoms with Gasteiger partial charge in [0.2, 0.25) is 5.88 Å². The summed E-state index contributed by atoms with van der Waals surface area (Å²) >= 11 is 0. The van der Waals surface area contributed by atoms with E-state index in [1.165, 1.54) is 0 Å². The maximum atomic E-state index is 8.65. The van der Waals surface area contributed by atoms with Gasteiger partial charge in [0.15, 0.2) is 0 Å². The van der Waals surface area contributed by atoms with Crippen LogP contribution in [0.2, 0.25) is 0 Å². The van der Waals surface area contributed by atoms with E-state index in [-0.39, 0.29) is 12.6 Å². The third-order valence-corrected chi connectivity index (χ3v) is 2.07. The predicted molar refractivity (Wildman–Crippen MR) is 54.0 cm³/mol. The summed E-state index contributed by atoms with van der Waals surface area (Å²) in [7, 11) is 1.58. The fourth-order valence-electron chi connectivity index (χ4n) is 1.21. The Balaban J connectivity index is 2.57. The van der Waals surface area contributed by atoms with Crippen molar-refractivity contribution in [1.82, 2.24) is 4.98 Å². The minimum absolute atomic E-state index is 0.0550. The number of aliphatic hydroxyl groups is 1. The molecule has 0 aliphatic heterocycles. The summed E-state index contributed by atoms with van der Waals surface area (Å²) in [4.78, 5) is 4.06. The highest BCUT2D eigenvalue weighted by atomic mass is 16.5. The molecule has 0 amide bonds. The Morgan fingerprint density at radius 2 is 2.36 bits per heavy atom. The summed E-state index contributed by atoms with van der Waals surface area (Å²) in [5, 5.41) is 8.65. The lowest BCUT2D eigenvalue weighted by Gasteiger charge is -2.10. The van der Waals surface area contributed by atoms with E-state index in [0.29, 0.717) is 12.3 Å². The monoisotopic (exact) mass is 196 g/mol. The van der Waals surface area contributed by atoms with Crippen molar-refractivity contribution in [2.75, 3.05) is 13.7 Å². The molecule has 0 saturated heterocycles. The molecule has 78 valence electrons. The number of hydrogen-bond donors (Lipinski definition) is 2. The number of aliphatic hydroxyl groups excluding tert-OH is 1. The van der Waals surface area contributed by atoms with Crippen LogP contribution in [0.3, 0.4) is 0 Å². The molecule has 0 aromatic carbocycles. The van der Waals surface area contributed by atoms with Crippen molar-refractivity contribution < 1.29 is 9.84 Å². The van der Waals surface area contributed by atoms with Crippen LogP contribution in [0.25, 0.3) is 0 Å². The lowest BCUT2D eigenvalue weighted by molar-refractivity contribution is 0.280. The van der Waals surface area contributed by atoms with Crippen LogP contribution in [0.4, 0.5) is 0 Å². The maximum absolute atomic E-state index is 8.65. The quantitative estimate of drug-likeness (QED) is 0.733. The van der Waals surface area contributed by atoms with Gasteiger partial charge in [-0.3, -0.25) is 0 Å². The van der Waals surface area contributed by atoms with Crippen molar-refractivity contribution in [2.45, 2.75) is 18.9 Å². The predicted octanol–water partition coefficient (Wildman–Crippen LogP) is 0.863. The standard InChI is InChI=1S/C10H16N2O2/c1-14-10-5-4-8(7-12-10)9(11)3-2-6-13/h4-5,7,9,13H,2-3,6,11H2,1H3/t9-/m1/s1. The highest BCUT2D eigenvalue weighted by molar-refractivity contribution is 5.20. The topological polar surface area (TPSA) is 68.4 Å². The molecular weight excluding hydrogens is 180 g/mol. The van der Waals surface area contributed by atoms with Crippen LogP contribution in [-0.2, 0) is 0 Å². The van der Waals surface area contributed by atoms with E-state index in [1.807, 2.05) is 6.07 Å². The molecule has 1 aromatic heterocycles. The van der Waals surface area contributed by atoms with Gasteiger partial charge >= 0.3 is 0 Å². The summed E-state index contributed by atoms with van der Waals surface area (Å²) in [5.41, 5.74) is 6.85. The first-order valence-corrected chi connectivity index (χ1v) is 4.64. The maximum Gasteiger partial charge on any atom is 0.212 e. The first kappa shape index (κ1) is 10.9. The first-order valence-electron chi connectivity index (χ1n) is 4.64. The number of nitrogens with zero attached hydrogens (tertiary/aromatic N) is 1. The van der Waals surface area contributed by atoms with E-state index >= 15 is 0 Å². The number of ether oxygens (including phenoxy) is 1. The zero-order valence-electron chi connectivity index (χ0n) is 8.31. The number of aromatic nitrogens is 1. The van der Waals surface area contributed by atoms with Crippen LogP contribution in [0.1, 0.15) is 24.4 Å². The molecule has 0 spiro atoms. The first-order chi connectivity index (χ1) is 6.77. The second kappa shape index (κ2) is 5.57. The fourth-order valence-corrected chi connectivity index (χ4v) is 1.21. The number of hydrogen-bond acceptors (Lipinski definition) is 4. The largest absolute Gasteiger partial charge is 0.481 e. The highest BCUT2D eigenvalue weighted by Gasteiger charge is 2.05. The summed E-state index contributed by atoms with van der Waals surface area (Å²) in [6.45, 7) is 0.178. The SMILES string of the molecule is COc1ccc([C@H](N)CCCO)cn1. The van der Waals surface area contributed by atoms with Crippen LogP contribution in [-0.4, -0.2) is 23.8 Å². The highest BCUT2D eigenvalue weighted by Crippen LogP contribution is 2.16. The molecular formula is C10H16N2O2. The molecule has 3 N–H and O–H groups in total. The molecule has 1 aromatic rings. The van der Waals surface area contributed by atoms with Crippen molar-refractivity contribution in [3.63, 3.8) is 0 Å². The fraction of sp³-hybridized carbons (Fsp3) is 0.500. The summed E-state index contributed by atoms with van der Waals surface area (Å²) in [5.74, 6) is 0.586. The number of pyridine rings is 1. The number of methoxy groups -OCH3 is 1. The smallest absolute Gasteiger partial charge is 0.212 e. The Labute approximate surface area is 83.7 Å². The van der Waals surface area contributed by atoms with Crippen LogP contribution in [0, 0.1) is 0 Å². The second-order valence-corrected chi connectivity index (χ2v) is 3.11. The summed E-state index contributed by atoms with van der Waals surface area (Å²) in [6.07, 6.45) is 3.19. The van der Waals surface area contributed by atoms with Gasteiger partial charge in [0.1, 0.15) is 0 Å². The molecule has 0 unspecified atom stereocenters. The molecule has 0 saturated carbocycles. The van der Waals surface area contributed by atoms with Gasteiger partial charge in [0.25, 0.3) is 0 Å². The second-order valence-electron chi connectivity index (χ2n) is 3.11. The van der Waals surface area contributed by atoms with E-state index < -0.39 is 0 Å². The molecule has 1 heterocycles. The zero-order chi connectivity index (χ0) is 10.4. The van der Waals surface area contributed by atoms with Crippen molar-refractivity contribution >= 4 is 0 Å². The van der Waals surface area contributed by atoms with Gasteiger partial charge < -0.3 is 15.6 Å². The Hall–Kier alpha value is -1.13. The third-order valence-electron chi connectivity index (χ3n) is 2.07. The number of nitrogens with two attached hydrogens (primary N) is 1.